The Bertz CT molecular complexity index is 3640. The van der Waals surface area contributed by atoms with Crippen LogP contribution in [0.15, 0.2) is 152 Å². The molecule has 0 spiro atoms. The first kappa shape index (κ1) is 52.2. The second-order valence-corrected chi connectivity index (χ2v) is 24.6. The molecule has 0 atom stereocenters. The molecule has 0 unspecified atom stereocenters. The van der Waals surface area contributed by atoms with Crippen molar-refractivity contribution in [3.8, 4) is 39.6 Å². The molecule has 0 aliphatic carbocycles. The number of nitrogens with zero attached hydrogens (tertiary/aromatic N) is 4. The van der Waals surface area contributed by atoms with E-state index in [4.69, 9.17) is 9.72 Å². The van der Waals surface area contributed by atoms with Crippen LogP contribution in [-0.2, 0) is 49.1 Å². The molecule has 1 aliphatic rings. The van der Waals surface area contributed by atoms with E-state index >= 15 is 0 Å². The monoisotopic (exact) mass is 1150 g/mol. The van der Waals surface area contributed by atoms with Crippen molar-refractivity contribution < 1.29 is 25.8 Å². The largest absolute Gasteiger partial charge is 2.00 e. The van der Waals surface area contributed by atoms with Gasteiger partial charge in [0.25, 0.3) is 5.69 Å². The maximum Gasteiger partial charge on any atom is 2.00 e. The summed E-state index contributed by atoms with van der Waals surface area (Å²) in [5.74, 6) is 2.49. The molecule has 0 N–H and O–H groups in total. The Morgan fingerprint density at radius 2 is 1.20 bits per heavy atom. The first-order valence-electron chi connectivity index (χ1n) is 26.0. The van der Waals surface area contributed by atoms with Crippen LogP contribution < -0.4 is 13.9 Å². The molecule has 2 aromatic heterocycles. The van der Waals surface area contributed by atoms with Crippen molar-refractivity contribution in [1.82, 2.24) is 18.7 Å². The maximum absolute atomic E-state index is 6.79. The predicted molar refractivity (Wildman–Crippen MR) is 308 cm³/mol. The van der Waals surface area contributed by atoms with E-state index < -0.39 is 0 Å². The number of hydrogen-bond donors (Lipinski definition) is 0. The van der Waals surface area contributed by atoms with Crippen LogP contribution in [0, 0.1) is 18.1 Å². The van der Waals surface area contributed by atoms with Gasteiger partial charge < -0.3 is 9.30 Å². The Labute approximate surface area is 454 Å². The van der Waals surface area contributed by atoms with Crippen molar-refractivity contribution in [3.63, 3.8) is 0 Å². The topological polar surface area (TPSA) is 33.1 Å². The summed E-state index contributed by atoms with van der Waals surface area (Å²) in [6.07, 6.45) is 2.98. The Morgan fingerprint density at radius 1 is 0.554 bits per heavy atom. The van der Waals surface area contributed by atoms with Gasteiger partial charge in [-0.1, -0.05) is 198 Å². The second kappa shape index (κ2) is 19.6. The van der Waals surface area contributed by atoms with Crippen LogP contribution >= 0.6 is 0 Å². The van der Waals surface area contributed by atoms with Crippen molar-refractivity contribution in [1.29, 1.82) is 0 Å². The fourth-order valence-electron chi connectivity index (χ4n) is 10.1. The van der Waals surface area contributed by atoms with Crippen molar-refractivity contribution in [2.75, 3.05) is 0 Å². The van der Waals surface area contributed by atoms with Gasteiger partial charge in [0.05, 0.1) is 5.56 Å². The molecule has 5 nitrogen and oxygen atoms in total. The van der Waals surface area contributed by atoms with E-state index in [1.165, 1.54) is 44.5 Å². The number of pyridine rings is 1. The molecule has 74 heavy (non-hydrogen) atoms. The average molecular weight is 1150 g/mol. The summed E-state index contributed by atoms with van der Waals surface area (Å²) in [6.45, 7) is 31.9. The Balaban J connectivity index is 0.00000672. The average Bonchev–Trinajstić information content (AvgIpc) is 3.89. The van der Waals surface area contributed by atoms with E-state index in [1.807, 2.05) is 18.2 Å². The number of rotatable bonds is 9. The minimum absolute atomic E-state index is 0. The SMILES string of the molecule is CC(C)Cc1cc(-n2c3[c-]c(Oc4[c-]c([N+]5=C=[N+](c6cc(C(C)(C)C)cc(C(C)(C)C)c6)c6c(-c7cccc(C(C)(C)C)c7)cccc65)ccc4)ccc3c3ccccc32)ncc1-c1ccc(C(C)(C)C)cc1.[Pt+2]. The molecule has 3 heterocycles. The molecule has 9 aromatic rings. The van der Waals surface area contributed by atoms with E-state index in [0.717, 1.165) is 62.4 Å². The normalized spacial score (nSPS) is 13.0. The van der Waals surface area contributed by atoms with Crippen molar-refractivity contribution in [2.45, 2.75) is 125 Å². The number of para-hydroxylation sites is 2. The zero-order valence-electron chi connectivity index (χ0n) is 45.7. The summed E-state index contributed by atoms with van der Waals surface area (Å²) in [7, 11) is 0. The molecule has 0 radical (unpaired) electrons. The zero-order valence-corrected chi connectivity index (χ0v) is 48.0. The van der Waals surface area contributed by atoms with E-state index in [2.05, 4.69) is 262 Å². The predicted octanol–water partition coefficient (Wildman–Crippen LogP) is 18.1. The van der Waals surface area contributed by atoms with Gasteiger partial charge in [0, 0.05) is 47.0 Å². The Kier molecular flexibility index (Phi) is 13.8. The molecule has 0 fully saturated rings. The molecule has 376 valence electrons. The second-order valence-electron chi connectivity index (χ2n) is 24.6. The molecular weight excluding hydrogens is 1080 g/mol. The third-order valence-corrected chi connectivity index (χ3v) is 14.3. The van der Waals surface area contributed by atoms with Gasteiger partial charge in [-0.25, -0.2) is 4.98 Å². The van der Waals surface area contributed by atoms with Crippen molar-refractivity contribution in [3.05, 3.63) is 192 Å². The summed E-state index contributed by atoms with van der Waals surface area (Å²) < 4.78 is 13.4. The third-order valence-electron chi connectivity index (χ3n) is 14.3. The molecular formula is C68H70N4OPt+2. The van der Waals surface area contributed by atoms with Crippen LogP contribution in [0.2, 0.25) is 0 Å². The fraction of sp³-hybridized carbons (Fsp3) is 0.294. The Hall–Kier alpha value is -6.64. The van der Waals surface area contributed by atoms with Crippen LogP contribution in [0.1, 0.15) is 125 Å². The first-order chi connectivity index (χ1) is 34.5. The fourth-order valence-corrected chi connectivity index (χ4v) is 10.1. The smallest absolute Gasteiger partial charge is 0.509 e. The minimum atomic E-state index is -0.0656. The van der Waals surface area contributed by atoms with E-state index in [-0.39, 0.29) is 42.7 Å². The van der Waals surface area contributed by atoms with Crippen molar-refractivity contribution in [2.24, 2.45) is 5.92 Å². The van der Waals surface area contributed by atoms with Crippen LogP contribution in [0.5, 0.6) is 11.5 Å². The third kappa shape index (κ3) is 10.3. The summed E-state index contributed by atoms with van der Waals surface area (Å²) in [5, 5.41) is 2.22. The number of fused-ring (bicyclic) bond motifs is 4. The van der Waals surface area contributed by atoms with Crippen LogP contribution in [0.4, 0.5) is 22.7 Å². The van der Waals surface area contributed by atoms with Crippen molar-refractivity contribution >= 4 is 50.6 Å². The summed E-state index contributed by atoms with van der Waals surface area (Å²) >= 11 is 0. The standard InChI is InChI=1S/C68H70N4O.Pt/c1-44(2)34-47-36-63(69-42-59(47)45-28-30-48(31-29-45)65(3,4)5)72-60-26-16-15-24-57(60)58-33-32-55(41-62(58)72)73-54-23-18-22-52(40-54)70-43-71(53-38-50(67(9,10)11)37-51(39-53)68(12,13)14)64-56(25-19-27-61(64)70)46-20-17-21-49(35-46)66(6,7)8;/h15-33,35-39,42,44H,34H2,1-14H3;/q;+2. The minimum Gasteiger partial charge on any atom is -0.509 e. The van der Waals surface area contributed by atoms with Gasteiger partial charge in [-0.05, 0) is 101 Å². The van der Waals surface area contributed by atoms with Crippen LogP contribution in [0.3, 0.4) is 0 Å². The van der Waals surface area contributed by atoms with Gasteiger partial charge in [-0.2, -0.15) is 12.1 Å². The molecule has 0 saturated heterocycles. The molecule has 6 heteroatoms. The van der Waals surface area contributed by atoms with Gasteiger partial charge in [0.15, 0.2) is 0 Å². The summed E-state index contributed by atoms with van der Waals surface area (Å²) in [6, 6.07) is 64.0. The molecule has 0 saturated carbocycles. The maximum atomic E-state index is 6.79. The van der Waals surface area contributed by atoms with Gasteiger partial charge in [-0.15, -0.1) is 23.6 Å². The first-order valence-corrected chi connectivity index (χ1v) is 26.0. The molecule has 0 amide bonds. The van der Waals surface area contributed by atoms with Crippen LogP contribution in [0.25, 0.3) is 49.9 Å². The summed E-state index contributed by atoms with van der Waals surface area (Å²) in [4.78, 5) is 5.21. The van der Waals surface area contributed by atoms with E-state index in [1.54, 1.807) is 0 Å². The Morgan fingerprint density at radius 3 is 1.88 bits per heavy atom. The number of aromatic nitrogens is 2. The van der Waals surface area contributed by atoms with Gasteiger partial charge >= 0.3 is 32.8 Å². The number of ether oxygens (including phenoxy) is 1. The summed E-state index contributed by atoms with van der Waals surface area (Å²) in [5.41, 5.74) is 17.0. The molecule has 0 bridgehead atoms. The van der Waals surface area contributed by atoms with Gasteiger partial charge in [-0.3, -0.25) is 0 Å². The zero-order chi connectivity index (χ0) is 51.8. The quantitative estimate of drug-likeness (QED) is 0.107. The van der Waals surface area contributed by atoms with Crippen LogP contribution in [-0.4, -0.2) is 15.6 Å². The number of benzene rings is 7. The van der Waals surface area contributed by atoms with Gasteiger partial charge in [0.2, 0.25) is 5.69 Å². The molecule has 1 aliphatic heterocycles. The van der Waals surface area contributed by atoms with E-state index in [0.29, 0.717) is 17.4 Å². The molecule has 10 rings (SSSR count). The molecule has 7 aromatic carbocycles. The number of hydrogen-bond acceptors (Lipinski definition) is 2. The van der Waals surface area contributed by atoms with E-state index in [9.17, 15) is 0 Å². The van der Waals surface area contributed by atoms with Gasteiger partial charge in [0.1, 0.15) is 11.5 Å².